The van der Waals surface area contributed by atoms with E-state index >= 15 is 0 Å². The van der Waals surface area contributed by atoms with Gasteiger partial charge in [-0.1, -0.05) is 0 Å². The average molecular weight is 256 g/mol. The lowest BCUT2D eigenvalue weighted by Crippen LogP contribution is -2.17. The van der Waals surface area contributed by atoms with Gasteiger partial charge in [0.2, 0.25) is 0 Å². The number of aryl methyl sites for hydroxylation is 1. The minimum atomic E-state index is 0.777. The van der Waals surface area contributed by atoms with Crippen molar-refractivity contribution in [3.05, 3.63) is 22.3 Å². The van der Waals surface area contributed by atoms with E-state index in [1.165, 1.54) is 0 Å². The Morgan fingerprint density at radius 2 is 2.14 bits per heavy atom. The Morgan fingerprint density at radius 1 is 1.50 bits per heavy atom. The van der Waals surface area contributed by atoms with E-state index in [1.807, 2.05) is 38.9 Å². The minimum Gasteiger partial charge on any atom is -0.366 e. The first-order valence-corrected chi connectivity index (χ1v) is 5.15. The maximum absolute atomic E-state index is 4.41. The molecule has 0 unspecified atom stereocenters. The summed E-state index contributed by atoms with van der Waals surface area (Å²) in [4.78, 5) is 10.6. The molecule has 0 fully saturated rings. The first-order valence-electron chi connectivity index (χ1n) is 4.35. The number of hydrogen-bond donors (Lipinski definition) is 0. The molecule has 0 saturated carbocycles. The number of aliphatic imine (C=N–C) groups is 1. The van der Waals surface area contributed by atoms with E-state index in [0.717, 1.165) is 21.7 Å². The SMILES string of the molecule is C/C(=N\c1ncc(Br)cc1C)N(C)C. The molecular formula is C10H14BrN3. The third-order valence-corrected chi connectivity index (χ3v) is 2.37. The van der Waals surface area contributed by atoms with Crippen molar-refractivity contribution in [1.82, 2.24) is 9.88 Å². The summed E-state index contributed by atoms with van der Waals surface area (Å²) in [5.41, 5.74) is 1.07. The van der Waals surface area contributed by atoms with Gasteiger partial charge in [-0.25, -0.2) is 9.98 Å². The van der Waals surface area contributed by atoms with Gasteiger partial charge in [-0.05, 0) is 41.4 Å². The van der Waals surface area contributed by atoms with E-state index in [0.29, 0.717) is 0 Å². The van der Waals surface area contributed by atoms with Crippen LogP contribution in [0.4, 0.5) is 5.82 Å². The molecule has 3 nitrogen and oxygen atoms in total. The van der Waals surface area contributed by atoms with Gasteiger partial charge in [0.15, 0.2) is 5.82 Å². The highest BCUT2D eigenvalue weighted by atomic mass is 79.9. The summed E-state index contributed by atoms with van der Waals surface area (Å²) in [6, 6.07) is 2.01. The standard InChI is InChI=1S/C10H14BrN3/c1-7-5-9(11)6-12-10(7)13-8(2)14(3)4/h5-6H,1-4H3/b13-8+. The molecule has 14 heavy (non-hydrogen) atoms. The fraction of sp³-hybridized carbons (Fsp3) is 0.400. The van der Waals surface area contributed by atoms with Crippen molar-refractivity contribution in [3.63, 3.8) is 0 Å². The summed E-state index contributed by atoms with van der Waals surface area (Å²) in [5.74, 6) is 1.72. The van der Waals surface area contributed by atoms with Crippen LogP contribution in [-0.4, -0.2) is 29.8 Å². The monoisotopic (exact) mass is 255 g/mol. The predicted octanol–water partition coefficient (Wildman–Crippen LogP) is 2.76. The zero-order valence-electron chi connectivity index (χ0n) is 8.87. The summed E-state index contributed by atoms with van der Waals surface area (Å²) < 4.78 is 0.983. The number of halogens is 1. The highest BCUT2D eigenvalue weighted by Crippen LogP contribution is 2.19. The van der Waals surface area contributed by atoms with Gasteiger partial charge in [0.05, 0.1) is 0 Å². The van der Waals surface area contributed by atoms with Crippen molar-refractivity contribution >= 4 is 27.6 Å². The molecular weight excluding hydrogens is 242 g/mol. The molecule has 0 amide bonds. The molecule has 0 bridgehead atoms. The number of nitrogens with zero attached hydrogens (tertiary/aromatic N) is 3. The molecule has 0 radical (unpaired) electrons. The van der Waals surface area contributed by atoms with E-state index in [2.05, 4.69) is 25.9 Å². The zero-order chi connectivity index (χ0) is 10.7. The van der Waals surface area contributed by atoms with Gasteiger partial charge in [0.1, 0.15) is 5.84 Å². The van der Waals surface area contributed by atoms with E-state index in [4.69, 9.17) is 0 Å². The lowest BCUT2D eigenvalue weighted by Gasteiger charge is -2.11. The third-order valence-electron chi connectivity index (χ3n) is 1.93. The summed E-state index contributed by atoms with van der Waals surface area (Å²) in [5, 5.41) is 0. The van der Waals surface area contributed by atoms with Gasteiger partial charge in [-0.2, -0.15) is 0 Å². The van der Waals surface area contributed by atoms with E-state index in [1.54, 1.807) is 6.20 Å². The van der Waals surface area contributed by atoms with Crippen LogP contribution in [0.2, 0.25) is 0 Å². The van der Waals surface area contributed by atoms with Crippen molar-refractivity contribution in [2.45, 2.75) is 13.8 Å². The molecule has 1 aromatic rings. The molecule has 1 heterocycles. The van der Waals surface area contributed by atoms with Crippen LogP contribution >= 0.6 is 15.9 Å². The summed E-state index contributed by atoms with van der Waals surface area (Å²) in [6.07, 6.45) is 1.76. The second-order valence-corrected chi connectivity index (χ2v) is 4.26. The molecule has 4 heteroatoms. The molecule has 0 atom stereocenters. The van der Waals surface area contributed by atoms with Crippen molar-refractivity contribution in [2.24, 2.45) is 4.99 Å². The Labute approximate surface area is 93.0 Å². The molecule has 1 rings (SSSR count). The number of amidine groups is 1. The van der Waals surface area contributed by atoms with Crippen LogP contribution < -0.4 is 0 Å². The molecule has 1 aromatic heterocycles. The van der Waals surface area contributed by atoms with Crippen molar-refractivity contribution in [1.29, 1.82) is 0 Å². The van der Waals surface area contributed by atoms with Crippen LogP contribution in [0.5, 0.6) is 0 Å². The summed E-state index contributed by atoms with van der Waals surface area (Å²) >= 11 is 3.37. The van der Waals surface area contributed by atoms with Gasteiger partial charge in [0, 0.05) is 24.8 Å². The second kappa shape index (κ2) is 4.55. The Kier molecular flexibility index (Phi) is 3.63. The molecule has 76 valence electrons. The lowest BCUT2D eigenvalue weighted by atomic mass is 10.3. The first-order chi connectivity index (χ1) is 6.50. The zero-order valence-corrected chi connectivity index (χ0v) is 10.5. The summed E-state index contributed by atoms with van der Waals surface area (Å²) in [7, 11) is 3.93. The number of aromatic nitrogens is 1. The quantitative estimate of drug-likeness (QED) is 0.571. The predicted molar refractivity (Wildman–Crippen MR) is 63.1 cm³/mol. The second-order valence-electron chi connectivity index (χ2n) is 3.35. The molecule has 0 saturated heterocycles. The highest BCUT2D eigenvalue weighted by molar-refractivity contribution is 9.10. The summed E-state index contributed by atoms with van der Waals surface area (Å²) in [6.45, 7) is 3.96. The Balaban J connectivity index is 3.03. The minimum absolute atomic E-state index is 0.777. The van der Waals surface area contributed by atoms with Gasteiger partial charge in [0.25, 0.3) is 0 Å². The van der Waals surface area contributed by atoms with Crippen molar-refractivity contribution in [3.8, 4) is 0 Å². The lowest BCUT2D eigenvalue weighted by molar-refractivity contribution is 0.618. The van der Waals surface area contributed by atoms with E-state index in [9.17, 15) is 0 Å². The number of rotatable bonds is 1. The van der Waals surface area contributed by atoms with Crippen molar-refractivity contribution < 1.29 is 0 Å². The van der Waals surface area contributed by atoms with E-state index < -0.39 is 0 Å². The number of pyridine rings is 1. The van der Waals surface area contributed by atoms with Gasteiger partial charge < -0.3 is 4.90 Å². The molecule has 0 aliphatic rings. The van der Waals surface area contributed by atoms with Crippen LogP contribution in [0.15, 0.2) is 21.7 Å². The Bertz CT molecular complexity index is 358. The normalized spacial score (nSPS) is 11.6. The van der Waals surface area contributed by atoms with Crippen LogP contribution in [-0.2, 0) is 0 Å². The average Bonchev–Trinajstić information content (AvgIpc) is 2.09. The molecule has 0 aliphatic carbocycles. The molecule has 0 aromatic carbocycles. The van der Waals surface area contributed by atoms with Crippen LogP contribution in [0.3, 0.4) is 0 Å². The highest BCUT2D eigenvalue weighted by Gasteiger charge is 2.00. The number of hydrogen-bond acceptors (Lipinski definition) is 2. The fourth-order valence-corrected chi connectivity index (χ4v) is 1.35. The van der Waals surface area contributed by atoms with E-state index in [-0.39, 0.29) is 0 Å². The topological polar surface area (TPSA) is 28.5 Å². The molecule has 0 N–H and O–H groups in total. The van der Waals surface area contributed by atoms with Gasteiger partial charge >= 0.3 is 0 Å². The van der Waals surface area contributed by atoms with Crippen LogP contribution in [0, 0.1) is 6.92 Å². The van der Waals surface area contributed by atoms with Gasteiger partial charge in [-0.3, -0.25) is 0 Å². The van der Waals surface area contributed by atoms with Gasteiger partial charge in [-0.15, -0.1) is 0 Å². The fourth-order valence-electron chi connectivity index (χ4n) is 0.904. The van der Waals surface area contributed by atoms with Crippen LogP contribution in [0.1, 0.15) is 12.5 Å². The first kappa shape index (κ1) is 11.2. The third kappa shape index (κ3) is 2.80. The van der Waals surface area contributed by atoms with Crippen molar-refractivity contribution in [2.75, 3.05) is 14.1 Å². The molecule has 0 aliphatic heterocycles. The largest absolute Gasteiger partial charge is 0.366 e. The Hall–Kier alpha value is -0.900. The maximum atomic E-state index is 4.41. The molecule has 0 spiro atoms. The Morgan fingerprint density at radius 3 is 2.64 bits per heavy atom. The maximum Gasteiger partial charge on any atom is 0.156 e. The smallest absolute Gasteiger partial charge is 0.156 e. The van der Waals surface area contributed by atoms with Crippen LogP contribution in [0.25, 0.3) is 0 Å².